The summed E-state index contributed by atoms with van der Waals surface area (Å²) < 4.78 is 0. The predicted octanol–water partition coefficient (Wildman–Crippen LogP) is 2.07. The van der Waals surface area contributed by atoms with Gasteiger partial charge in [0.15, 0.2) is 0 Å². The molecule has 48 valence electrons. The van der Waals surface area contributed by atoms with Crippen LogP contribution in [-0.2, 0) is 0 Å². The summed E-state index contributed by atoms with van der Waals surface area (Å²) in [5, 5.41) is 0. The molecule has 0 aliphatic rings. The molecule has 0 amide bonds. The van der Waals surface area contributed by atoms with Crippen LogP contribution in [0.5, 0.6) is 0 Å². The quantitative estimate of drug-likeness (QED) is 0.501. The number of rotatable bonds is 0. The van der Waals surface area contributed by atoms with Gasteiger partial charge in [-0.05, 0) is 6.92 Å². The Hall–Kier alpha value is -0.810. The molecule has 0 radical (unpaired) electrons. The second-order valence-electron chi connectivity index (χ2n) is 1.41. The topological polar surface area (TPSA) is 12.9 Å². The molecule has 0 bridgehead atoms. The number of hydrogen-bond acceptors (Lipinski definition) is 2. The monoisotopic (exact) mass is 139 g/mol. The molecule has 0 aliphatic heterocycles. The maximum Gasteiger partial charge on any atom is 0.0993 e. The van der Waals surface area contributed by atoms with Gasteiger partial charge < -0.3 is 0 Å². The standard InChI is InChI=1S/C6H5NS.CH4/c1-3-6-5(2)7-4-8-6;/h1,4H,2H3;1H4. The minimum absolute atomic E-state index is 0. The summed E-state index contributed by atoms with van der Waals surface area (Å²) in [7, 11) is 0. The minimum atomic E-state index is 0. The zero-order valence-corrected chi connectivity index (χ0v) is 5.33. The van der Waals surface area contributed by atoms with E-state index in [1.165, 1.54) is 11.3 Å². The normalized spacial score (nSPS) is 7.56. The zero-order valence-electron chi connectivity index (χ0n) is 4.51. The lowest BCUT2D eigenvalue weighted by molar-refractivity contribution is 1.26. The average molecular weight is 139 g/mol. The molecular formula is C7H9NS. The summed E-state index contributed by atoms with van der Waals surface area (Å²) in [6, 6.07) is 0. The molecule has 0 aliphatic carbocycles. The van der Waals surface area contributed by atoms with Crippen LogP contribution in [0.3, 0.4) is 0 Å². The Labute approximate surface area is 59.8 Å². The van der Waals surface area contributed by atoms with Gasteiger partial charge in [-0.1, -0.05) is 13.3 Å². The number of aromatic nitrogens is 1. The van der Waals surface area contributed by atoms with Crippen molar-refractivity contribution in [3.63, 3.8) is 0 Å². The zero-order chi connectivity index (χ0) is 5.98. The van der Waals surface area contributed by atoms with Crippen LogP contribution in [-0.4, -0.2) is 4.98 Å². The molecule has 9 heavy (non-hydrogen) atoms. The smallest absolute Gasteiger partial charge is 0.0993 e. The van der Waals surface area contributed by atoms with Crippen LogP contribution >= 0.6 is 11.3 Å². The van der Waals surface area contributed by atoms with E-state index in [1.54, 1.807) is 5.51 Å². The van der Waals surface area contributed by atoms with Crippen molar-refractivity contribution in [1.29, 1.82) is 0 Å². The number of thiazole rings is 1. The third-order valence-electron chi connectivity index (χ3n) is 0.877. The van der Waals surface area contributed by atoms with Gasteiger partial charge in [-0.3, -0.25) is 0 Å². The van der Waals surface area contributed by atoms with Gasteiger partial charge in [0.1, 0.15) is 0 Å². The van der Waals surface area contributed by atoms with Crippen LogP contribution in [0.15, 0.2) is 5.51 Å². The molecule has 0 atom stereocenters. The van der Waals surface area contributed by atoms with Crippen LogP contribution in [0.25, 0.3) is 0 Å². The van der Waals surface area contributed by atoms with E-state index in [0.29, 0.717) is 0 Å². The third-order valence-corrected chi connectivity index (χ3v) is 1.74. The summed E-state index contributed by atoms with van der Waals surface area (Å²) >= 11 is 1.50. The first-order chi connectivity index (χ1) is 3.84. The van der Waals surface area contributed by atoms with E-state index < -0.39 is 0 Å². The van der Waals surface area contributed by atoms with Crippen LogP contribution < -0.4 is 0 Å². The van der Waals surface area contributed by atoms with Crippen LogP contribution in [0.1, 0.15) is 18.0 Å². The molecule has 0 N–H and O–H groups in total. The molecule has 0 saturated carbocycles. The van der Waals surface area contributed by atoms with Gasteiger partial charge in [-0.2, -0.15) is 0 Å². The molecule has 1 nitrogen and oxygen atoms in total. The molecule has 0 spiro atoms. The van der Waals surface area contributed by atoms with E-state index in [9.17, 15) is 0 Å². The number of terminal acetylenes is 1. The van der Waals surface area contributed by atoms with Gasteiger partial charge in [-0.15, -0.1) is 17.8 Å². The van der Waals surface area contributed by atoms with Gasteiger partial charge in [-0.25, -0.2) is 4.98 Å². The molecule has 0 fully saturated rings. The third kappa shape index (κ3) is 1.55. The van der Waals surface area contributed by atoms with E-state index in [-0.39, 0.29) is 7.43 Å². The lowest BCUT2D eigenvalue weighted by Gasteiger charge is -1.77. The maximum absolute atomic E-state index is 5.12. The van der Waals surface area contributed by atoms with Crippen LogP contribution in [0, 0.1) is 19.3 Å². The predicted molar refractivity (Wildman–Crippen MR) is 41.5 cm³/mol. The highest BCUT2D eigenvalue weighted by molar-refractivity contribution is 7.10. The van der Waals surface area contributed by atoms with E-state index in [0.717, 1.165) is 10.6 Å². The van der Waals surface area contributed by atoms with Crippen LogP contribution in [0.4, 0.5) is 0 Å². The Morgan fingerprint density at radius 3 is 2.67 bits per heavy atom. The Morgan fingerprint density at radius 2 is 2.44 bits per heavy atom. The fraction of sp³-hybridized carbons (Fsp3) is 0.286. The maximum atomic E-state index is 5.12. The summed E-state index contributed by atoms with van der Waals surface area (Å²) in [4.78, 5) is 4.90. The lowest BCUT2D eigenvalue weighted by Crippen LogP contribution is -1.70. The fourth-order valence-electron chi connectivity index (χ4n) is 0.440. The Balaban J connectivity index is 0.000000640. The van der Waals surface area contributed by atoms with E-state index >= 15 is 0 Å². The van der Waals surface area contributed by atoms with Gasteiger partial charge >= 0.3 is 0 Å². The molecule has 1 aromatic heterocycles. The van der Waals surface area contributed by atoms with Crippen molar-refractivity contribution in [3.05, 3.63) is 16.1 Å². The molecule has 0 unspecified atom stereocenters. The highest BCUT2D eigenvalue weighted by Crippen LogP contribution is 2.08. The first-order valence-corrected chi connectivity index (χ1v) is 3.09. The molecule has 2 heteroatoms. The molecule has 1 aromatic rings. The van der Waals surface area contributed by atoms with E-state index in [1.807, 2.05) is 6.92 Å². The second-order valence-corrected chi connectivity index (χ2v) is 2.27. The lowest BCUT2D eigenvalue weighted by atomic mass is 10.4. The average Bonchev–Trinajstić information content (AvgIpc) is 2.14. The van der Waals surface area contributed by atoms with E-state index in [2.05, 4.69) is 10.9 Å². The number of hydrogen-bond donors (Lipinski definition) is 0. The van der Waals surface area contributed by atoms with Gasteiger partial charge in [0.05, 0.1) is 16.1 Å². The Morgan fingerprint density at radius 1 is 1.78 bits per heavy atom. The van der Waals surface area contributed by atoms with Gasteiger partial charge in [0.2, 0.25) is 0 Å². The van der Waals surface area contributed by atoms with Crippen molar-refractivity contribution in [2.45, 2.75) is 14.4 Å². The summed E-state index contributed by atoms with van der Waals surface area (Å²) in [6.07, 6.45) is 5.12. The highest BCUT2D eigenvalue weighted by Gasteiger charge is 1.92. The van der Waals surface area contributed by atoms with Crippen molar-refractivity contribution >= 4 is 11.3 Å². The largest absolute Gasteiger partial charge is 0.249 e. The SMILES string of the molecule is C.C#Cc1scnc1C. The Kier molecular flexibility index (Phi) is 2.97. The van der Waals surface area contributed by atoms with Crippen molar-refractivity contribution in [3.8, 4) is 12.3 Å². The van der Waals surface area contributed by atoms with E-state index in [4.69, 9.17) is 6.42 Å². The van der Waals surface area contributed by atoms with Crippen LogP contribution in [0.2, 0.25) is 0 Å². The molecule has 1 heterocycles. The first kappa shape index (κ1) is 8.19. The number of nitrogens with zero attached hydrogens (tertiary/aromatic N) is 1. The molecule has 1 rings (SSSR count). The summed E-state index contributed by atoms with van der Waals surface area (Å²) in [5.41, 5.74) is 2.71. The second kappa shape index (κ2) is 3.26. The minimum Gasteiger partial charge on any atom is -0.249 e. The first-order valence-electron chi connectivity index (χ1n) is 2.21. The van der Waals surface area contributed by atoms with Crippen molar-refractivity contribution in [1.82, 2.24) is 4.98 Å². The number of aryl methyl sites for hydroxylation is 1. The van der Waals surface area contributed by atoms with Gasteiger partial charge in [0.25, 0.3) is 0 Å². The Bertz CT molecular complexity index is 219. The molecular weight excluding hydrogens is 130 g/mol. The van der Waals surface area contributed by atoms with Gasteiger partial charge in [0, 0.05) is 0 Å². The molecule has 0 saturated heterocycles. The highest BCUT2D eigenvalue weighted by atomic mass is 32.1. The van der Waals surface area contributed by atoms with Crippen molar-refractivity contribution in [2.24, 2.45) is 0 Å². The summed E-state index contributed by atoms with van der Waals surface area (Å²) in [6.45, 7) is 1.91. The van der Waals surface area contributed by atoms with Crippen molar-refractivity contribution in [2.75, 3.05) is 0 Å². The summed E-state index contributed by atoms with van der Waals surface area (Å²) in [5.74, 6) is 2.53. The fourth-order valence-corrected chi connectivity index (χ4v) is 1.05. The van der Waals surface area contributed by atoms with Crippen molar-refractivity contribution < 1.29 is 0 Å². The molecule has 0 aromatic carbocycles.